The van der Waals surface area contributed by atoms with Gasteiger partial charge >= 0.3 is 5.97 Å². The zero-order chi connectivity index (χ0) is 22.4. The molecule has 1 fully saturated rings. The molecule has 8 heteroatoms. The number of ether oxygens (including phenoxy) is 1. The van der Waals surface area contributed by atoms with E-state index in [4.69, 9.17) is 9.84 Å². The van der Waals surface area contributed by atoms with Gasteiger partial charge in [0.1, 0.15) is 5.76 Å². The average molecular weight is 424 g/mol. The van der Waals surface area contributed by atoms with Crippen molar-refractivity contribution in [1.82, 2.24) is 10.2 Å². The molecule has 3 N–H and O–H groups in total. The lowest BCUT2D eigenvalue weighted by Gasteiger charge is -2.25. The molecule has 1 saturated heterocycles. The van der Waals surface area contributed by atoms with Gasteiger partial charge in [-0.15, -0.1) is 0 Å². The predicted octanol–water partition coefficient (Wildman–Crippen LogP) is 1.48. The summed E-state index contributed by atoms with van der Waals surface area (Å²) in [6.45, 7) is 0.854. The minimum Gasteiger partial charge on any atom is -0.507 e. The molecule has 1 unspecified atom stereocenters. The number of nitrogens with zero attached hydrogens (tertiary/aromatic N) is 1. The number of aliphatic hydroxyl groups is 2. The summed E-state index contributed by atoms with van der Waals surface area (Å²) < 4.78 is 4.71. The lowest BCUT2D eigenvalue weighted by Crippen LogP contribution is -2.36. The van der Waals surface area contributed by atoms with E-state index in [0.29, 0.717) is 29.8 Å². The van der Waals surface area contributed by atoms with Gasteiger partial charge in [0.25, 0.3) is 11.7 Å². The Morgan fingerprint density at radius 2 is 1.71 bits per heavy atom. The third-order valence-corrected chi connectivity index (χ3v) is 5.05. The number of rotatable bonds is 8. The van der Waals surface area contributed by atoms with Gasteiger partial charge in [0.05, 0.1) is 30.9 Å². The third-order valence-electron chi connectivity index (χ3n) is 5.05. The minimum absolute atomic E-state index is 0.0100. The Morgan fingerprint density at radius 3 is 2.32 bits per heavy atom. The number of aliphatic hydroxyl groups excluding tert-OH is 2. The highest BCUT2D eigenvalue weighted by Gasteiger charge is 2.45. The molecule has 3 rings (SSSR count). The Labute approximate surface area is 179 Å². The molecule has 1 aliphatic heterocycles. The van der Waals surface area contributed by atoms with Crippen LogP contribution in [0.1, 0.15) is 27.5 Å². The van der Waals surface area contributed by atoms with E-state index in [9.17, 15) is 19.5 Å². The zero-order valence-corrected chi connectivity index (χ0v) is 17.1. The van der Waals surface area contributed by atoms with Gasteiger partial charge in [0.2, 0.25) is 0 Å². The highest BCUT2D eigenvalue weighted by molar-refractivity contribution is 6.46. The van der Waals surface area contributed by atoms with E-state index in [-0.39, 0.29) is 24.5 Å². The number of carbonyl (C=O) groups excluding carboxylic acids is 3. The highest BCUT2D eigenvalue weighted by atomic mass is 16.5. The molecule has 8 nitrogen and oxygen atoms in total. The maximum Gasteiger partial charge on any atom is 0.337 e. The minimum atomic E-state index is -0.817. The van der Waals surface area contributed by atoms with Crippen LogP contribution in [0.2, 0.25) is 0 Å². The van der Waals surface area contributed by atoms with Gasteiger partial charge in [0.15, 0.2) is 0 Å². The van der Waals surface area contributed by atoms with Crippen molar-refractivity contribution in [3.63, 3.8) is 0 Å². The molecule has 0 radical (unpaired) electrons. The molecule has 0 spiro atoms. The van der Waals surface area contributed by atoms with E-state index in [2.05, 4.69) is 5.32 Å². The topological polar surface area (TPSA) is 116 Å². The zero-order valence-electron chi connectivity index (χ0n) is 17.1. The van der Waals surface area contributed by atoms with Crippen molar-refractivity contribution >= 4 is 23.4 Å². The summed E-state index contributed by atoms with van der Waals surface area (Å²) in [6.07, 6.45) is 0. The average Bonchev–Trinajstić information content (AvgIpc) is 3.06. The van der Waals surface area contributed by atoms with E-state index in [1.807, 2.05) is 0 Å². The number of hydrogen-bond donors (Lipinski definition) is 3. The standard InChI is InChI=1S/C23H24N2O6/c1-31-23(30)17-9-7-15(8-10-17)19-18(20(27)16-5-3-2-4-6-16)21(28)22(29)25(19)13-11-24-12-14-26/h2-10,19,24,26-27H,11-14H2,1H3. The summed E-state index contributed by atoms with van der Waals surface area (Å²) in [5.41, 5.74) is 1.32. The Balaban J connectivity index is 2.05. The smallest absolute Gasteiger partial charge is 0.337 e. The maximum absolute atomic E-state index is 12.9. The van der Waals surface area contributed by atoms with E-state index in [0.717, 1.165) is 0 Å². The highest BCUT2D eigenvalue weighted by Crippen LogP contribution is 2.39. The van der Waals surface area contributed by atoms with Crippen LogP contribution in [-0.4, -0.2) is 66.1 Å². The fraction of sp³-hybridized carbons (Fsp3) is 0.261. The van der Waals surface area contributed by atoms with Crippen LogP contribution >= 0.6 is 0 Å². The first-order chi connectivity index (χ1) is 15.0. The number of esters is 1. The number of ketones is 1. The second-order valence-corrected chi connectivity index (χ2v) is 6.95. The first-order valence-electron chi connectivity index (χ1n) is 9.83. The lowest BCUT2D eigenvalue weighted by molar-refractivity contribution is -0.139. The summed E-state index contributed by atoms with van der Waals surface area (Å²) >= 11 is 0. The van der Waals surface area contributed by atoms with Crippen molar-refractivity contribution in [2.45, 2.75) is 6.04 Å². The number of carbonyl (C=O) groups is 3. The van der Waals surface area contributed by atoms with Crippen molar-refractivity contribution in [1.29, 1.82) is 0 Å². The summed E-state index contributed by atoms with van der Waals surface area (Å²) in [5, 5.41) is 22.8. The normalized spacial score (nSPS) is 17.7. The molecular weight excluding hydrogens is 400 g/mol. The van der Waals surface area contributed by atoms with Crippen molar-refractivity contribution < 1.29 is 29.3 Å². The SMILES string of the molecule is COC(=O)c1ccc(C2C(=C(O)c3ccccc3)C(=O)C(=O)N2CCNCCO)cc1. The largest absolute Gasteiger partial charge is 0.507 e. The fourth-order valence-electron chi connectivity index (χ4n) is 3.53. The summed E-state index contributed by atoms with van der Waals surface area (Å²) in [4.78, 5) is 38.8. The second-order valence-electron chi connectivity index (χ2n) is 6.95. The number of benzene rings is 2. The second kappa shape index (κ2) is 10.0. The number of methoxy groups -OCH3 is 1. The van der Waals surface area contributed by atoms with E-state index < -0.39 is 23.7 Å². The van der Waals surface area contributed by atoms with E-state index in [1.165, 1.54) is 12.0 Å². The van der Waals surface area contributed by atoms with Crippen LogP contribution in [-0.2, 0) is 14.3 Å². The first-order valence-corrected chi connectivity index (χ1v) is 9.83. The van der Waals surface area contributed by atoms with Crippen LogP contribution in [0.4, 0.5) is 0 Å². The molecule has 0 saturated carbocycles. The molecule has 1 aliphatic rings. The molecule has 1 atom stereocenters. The van der Waals surface area contributed by atoms with E-state index >= 15 is 0 Å². The van der Waals surface area contributed by atoms with Crippen molar-refractivity contribution in [2.24, 2.45) is 0 Å². The summed E-state index contributed by atoms with van der Waals surface area (Å²) in [5.74, 6) is -2.25. The van der Waals surface area contributed by atoms with Crippen LogP contribution in [0, 0.1) is 0 Å². The number of hydrogen-bond acceptors (Lipinski definition) is 7. The Morgan fingerprint density at radius 1 is 1.03 bits per heavy atom. The molecule has 2 aromatic carbocycles. The predicted molar refractivity (Wildman–Crippen MR) is 113 cm³/mol. The van der Waals surface area contributed by atoms with Gasteiger partial charge in [-0.05, 0) is 17.7 Å². The monoisotopic (exact) mass is 424 g/mol. The van der Waals surface area contributed by atoms with Gasteiger partial charge in [-0.25, -0.2) is 4.79 Å². The van der Waals surface area contributed by atoms with Gasteiger partial charge < -0.3 is 25.2 Å². The number of likely N-dealkylation sites (tertiary alicyclic amines) is 1. The molecule has 0 bridgehead atoms. The maximum atomic E-state index is 12.9. The summed E-state index contributed by atoms with van der Waals surface area (Å²) in [6, 6.07) is 14.1. The number of nitrogens with one attached hydrogen (secondary N) is 1. The van der Waals surface area contributed by atoms with Crippen molar-refractivity contribution in [3.05, 3.63) is 76.9 Å². The lowest BCUT2D eigenvalue weighted by atomic mass is 9.94. The molecule has 0 aliphatic carbocycles. The van der Waals surface area contributed by atoms with E-state index in [1.54, 1.807) is 54.6 Å². The molecule has 0 aromatic heterocycles. The quantitative estimate of drug-likeness (QED) is 0.193. The third kappa shape index (κ3) is 4.65. The van der Waals surface area contributed by atoms with Gasteiger partial charge in [-0.3, -0.25) is 9.59 Å². The Kier molecular flexibility index (Phi) is 7.17. The van der Waals surface area contributed by atoms with Crippen LogP contribution in [0.5, 0.6) is 0 Å². The fourth-order valence-corrected chi connectivity index (χ4v) is 3.53. The van der Waals surface area contributed by atoms with Crippen LogP contribution in [0.15, 0.2) is 60.2 Å². The first kappa shape index (κ1) is 22.2. The molecule has 1 amide bonds. The van der Waals surface area contributed by atoms with Crippen LogP contribution < -0.4 is 5.32 Å². The summed E-state index contributed by atoms with van der Waals surface area (Å²) in [7, 11) is 1.28. The van der Waals surface area contributed by atoms with Crippen molar-refractivity contribution in [3.8, 4) is 0 Å². The molecule has 1 heterocycles. The molecule has 31 heavy (non-hydrogen) atoms. The van der Waals surface area contributed by atoms with Gasteiger partial charge in [-0.2, -0.15) is 0 Å². The molecule has 2 aromatic rings. The van der Waals surface area contributed by atoms with Crippen LogP contribution in [0.25, 0.3) is 5.76 Å². The van der Waals surface area contributed by atoms with Gasteiger partial charge in [0, 0.05) is 25.2 Å². The molecule has 162 valence electrons. The molecular formula is C23H24N2O6. The number of Topliss-reactive ketones (excluding diaryl/α,β-unsaturated/α-hetero) is 1. The Bertz CT molecular complexity index is 985. The Hall–Kier alpha value is -3.49. The van der Waals surface area contributed by atoms with Crippen LogP contribution in [0.3, 0.4) is 0 Å². The van der Waals surface area contributed by atoms with Gasteiger partial charge in [-0.1, -0.05) is 42.5 Å². The number of amides is 1. The van der Waals surface area contributed by atoms with Crippen molar-refractivity contribution in [2.75, 3.05) is 33.4 Å².